The van der Waals surface area contributed by atoms with E-state index in [4.69, 9.17) is 0 Å². The van der Waals surface area contributed by atoms with E-state index in [1.807, 2.05) is 25.1 Å². The molecule has 4 rings (SSSR count). The molecule has 0 aliphatic heterocycles. The van der Waals surface area contributed by atoms with Crippen LogP contribution in [0.3, 0.4) is 0 Å². The smallest absolute Gasteiger partial charge is 0.233 e. The van der Waals surface area contributed by atoms with Crippen molar-refractivity contribution in [2.24, 2.45) is 0 Å². The Labute approximate surface area is 199 Å². The van der Waals surface area contributed by atoms with Crippen LogP contribution in [0.1, 0.15) is 74.2 Å². The Morgan fingerprint density at radius 1 is 1.12 bits per heavy atom. The molecule has 2 aromatic heterocycles. The van der Waals surface area contributed by atoms with Gasteiger partial charge >= 0.3 is 0 Å². The van der Waals surface area contributed by atoms with Gasteiger partial charge in [-0.1, -0.05) is 74.3 Å². The van der Waals surface area contributed by atoms with Crippen molar-refractivity contribution in [3.8, 4) is 0 Å². The summed E-state index contributed by atoms with van der Waals surface area (Å²) in [6.45, 7) is 4.74. The van der Waals surface area contributed by atoms with E-state index >= 15 is 0 Å². The molecule has 1 aromatic carbocycles. The van der Waals surface area contributed by atoms with Crippen molar-refractivity contribution >= 4 is 29.0 Å². The van der Waals surface area contributed by atoms with Crippen molar-refractivity contribution in [3.63, 3.8) is 0 Å². The average Bonchev–Trinajstić information content (AvgIpc) is 3.48. The van der Waals surface area contributed by atoms with Crippen LogP contribution in [-0.4, -0.2) is 32.5 Å². The SMILES string of the molecule is CC(Sc1nnc(Cc2cccs2)n1C1CCCCC1)C(=O)NCC(C)c1ccccc1. The van der Waals surface area contributed by atoms with Gasteiger partial charge in [0.2, 0.25) is 5.91 Å². The van der Waals surface area contributed by atoms with Crippen LogP contribution in [0.25, 0.3) is 0 Å². The summed E-state index contributed by atoms with van der Waals surface area (Å²) in [5.41, 5.74) is 1.24. The molecule has 0 spiro atoms. The summed E-state index contributed by atoms with van der Waals surface area (Å²) in [7, 11) is 0. The van der Waals surface area contributed by atoms with Crippen molar-refractivity contribution in [2.75, 3.05) is 6.54 Å². The maximum atomic E-state index is 12.8. The molecule has 0 radical (unpaired) electrons. The average molecular weight is 469 g/mol. The fourth-order valence-electron chi connectivity index (χ4n) is 4.29. The highest BCUT2D eigenvalue weighted by atomic mass is 32.2. The van der Waals surface area contributed by atoms with E-state index in [-0.39, 0.29) is 17.1 Å². The number of thioether (sulfide) groups is 1. The monoisotopic (exact) mass is 468 g/mol. The van der Waals surface area contributed by atoms with Crippen LogP contribution in [0, 0.1) is 0 Å². The predicted octanol–water partition coefficient (Wildman–Crippen LogP) is 5.84. The van der Waals surface area contributed by atoms with Gasteiger partial charge in [-0.2, -0.15) is 0 Å². The molecule has 2 heterocycles. The quantitative estimate of drug-likeness (QED) is 0.401. The van der Waals surface area contributed by atoms with E-state index in [1.165, 1.54) is 41.5 Å². The van der Waals surface area contributed by atoms with Crippen LogP contribution in [0.4, 0.5) is 0 Å². The van der Waals surface area contributed by atoms with E-state index in [0.717, 1.165) is 30.2 Å². The molecule has 1 fully saturated rings. The molecule has 1 aliphatic rings. The molecule has 7 heteroatoms. The standard InChI is InChI=1S/C25H32N4OS2/c1-18(20-10-5-3-6-11-20)17-26-24(30)19(2)32-25-28-27-23(16-22-14-9-15-31-22)29(25)21-12-7-4-8-13-21/h3,5-6,9-11,14-15,18-19,21H,4,7-8,12-13,16-17H2,1-2H3,(H,26,30). The summed E-state index contributed by atoms with van der Waals surface area (Å²) in [6.07, 6.45) is 6.94. The lowest BCUT2D eigenvalue weighted by Gasteiger charge is -2.26. The molecule has 0 bridgehead atoms. The zero-order valence-electron chi connectivity index (χ0n) is 18.9. The van der Waals surface area contributed by atoms with E-state index in [1.54, 1.807) is 11.3 Å². The number of hydrogen-bond donors (Lipinski definition) is 1. The van der Waals surface area contributed by atoms with E-state index in [9.17, 15) is 4.79 Å². The Morgan fingerprint density at radius 2 is 1.91 bits per heavy atom. The van der Waals surface area contributed by atoms with Gasteiger partial charge in [0, 0.05) is 23.9 Å². The summed E-state index contributed by atoms with van der Waals surface area (Å²) in [6, 6.07) is 15.0. The highest BCUT2D eigenvalue weighted by Crippen LogP contribution is 2.34. The Bertz CT molecular complexity index is 981. The van der Waals surface area contributed by atoms with Crippen LogP contribution in [-0.2, 0) is 11.2 Å². The zero-order valence-corrected chi connectivity index (χ0v) is 20.5. The molecule has 0 saturated heterocycles. The first-order valence-corrected chi connectivity index (χ1v) is 13.3. The third kappa shape index (κ3) is 5.81. The largest absolute Gasteiger partial charge is 0.355 e. The number of thiophene rings is 1. The number of carbonyl (C=O) groups excluding carboxylic acids is 1. The third-order valence-corrected chi connectivity index (χ3v) is 8.12. The second kappa shape index (κ2) is 11.1. The summed E-state index contributed by atoms with van der Waals surface area (Å²) in [4.78, 5) is 14.1. The summed E-state index contributed by atoms with van der Waals surface area (Å²) in [5, 5.41) is 15.0. The molecular weight excluding hydrogens is 436 g/mol. The Kier molecular flexibility index (Phi) is 8.03. The number of rotatable bonds is 9. The molecule has 1 saturated carbocycles. The molecule has 32 heavy (non-hydrogen) atoms. The number of hydrogen-bond acceptors (Lipinski definition) is 5. The van der Waals surface area contributed by atoms with Gasteiger partial charge < -0.3 is 9.88 Å². The van der Waals surface area contributed by atoms with Crippen LogP contribution in [0.5, 0.6) is 0 Å². The highest BCUT2D eigenvalue weighted by Gasteiger charge is 2.26. The van der Waals surface area contributed by atoms with E-state index in [2.05, 4.69) is 56.7 Å². The second-order valence-electron chi connectivity index (χ2n) is 8.63. The lowest BCUT2D eigenvalue weighted by molar-refractivity contribution is -0.120. The van der Waals surface area contributed by atoms with Crippen molar-refractivity contribution < 1.29 is 4.79 Å². The fourth-order valence-corrected chi connectivity index (χ4v) is 5.96. The molecule has 1 N–H and O–H groups in total. The Hall–Kier alpha value is -2.12. The minimum Gasteiger partial charge on any atom is -0.355 e. The van der Waals surface area contributed by atoms with Gasteiger partial charge in [0.1, 0.15) is 5.82 Å². The summed E-state index contributed by atoms with van der Waals surface area (Å²) >= 11 is 3.29. The number of nitrogens with one attached hydrogen (secondary N) is 1. The Balaban J connectivity index is 1.42. The number of amides is 1. The van der Waals surface area contributed by atoms with Gasteiger partial charge in [-0.3, -0.25) is 4.79 Å². The first kappa shape index (κ1) is 23.1. The minimum absolute atomic E-state index is 0.0517. The van der Waals surface area contributed by atoms with Gasteiger partial charge in [0.15, 0.2) is 5.16 Å². The third-order valence-electron chi connectivity index (χ3n) is 6.19. The lowest BCUT2D eigenvalue weighted by atomic mass is 9.95. The maximum Gasteiger partial charge on any atom is 0.233 e. The maximum absolute atomic E-state index is 12.8. The Morgan fingerprint density at radius 3 is 2.62 bits per heavy atom. The van der Waals surface area contributed by atoms with Crippen LogP contribution in [0.2, 0.25) is 0 Å². The van der Waals surface area contributed by atoms with Gasteiger partial charge in [0.25, 0.3) is 0 Å². The fraction of sp³-hybridized carbons (Fsp3) is 0.480. The first-order chi connectivity index (χ1) is 15.6. The molecule has 2 unspecified atom stereocenters. The highest BCUT2D eigenvalue weighted by molar-refractivity contribution is 8.00. The van der Waals surface area contributed by atoms with Gasteiger partial charge in [0.05, 0.1) is 5.25 Å². The van der Waals surface area contributed by atoms with Crippen molar-refractivity contribution in [1.82, 2.24) is 20.1 Å². The molecule has 1 aliphatic carbocycles. The number of nitrogens with zero attached hydrogens (tertiary/aromatic N) is 3. The number of benzene rings is 1. The van der Waals surface area contributed by atoms with E-state index in [0.29, 0.717) is 12.6 Å². The summed E-state index contributed by atoms with van der Waals surface area (Å²) < 4.78 is 2.33. The van der Waals surface area contributed by atoms with Gasteiger partial charge in [-0.25, -0.2) is 0 Å². The van der Waals surface area contributed by atoms with Crippen molar-refractivity contribution in [3.05, 3.63) is 64.1 Å². The van der Waals surface area contributed by atoms with Crippen LogP contribution >= 0.6 is 23.1 Å². The van der Waals surface area contributed by atoms with E-state index < -0.39 is 0 Å². The van der Waals surface area contributed by atoms with Gasteiger partial charge in [-0.15, -0.1) is 21.5 Å². The van der Waals surface area contributed by atoms with Crippen LogP contribution < -0.4 is 5.32 Å². The lowest BCUT2D eigenvalue weighted by Crippen LogP contribution is -2.33. The summed E-state index contributed by atoms with van der Waals surface area (Å²) in [5.74, 6) is 1.35. The normalized spacial score (nSPS) is 16.6. The molecule has 2 atom stereocenters. The molecule has 3 aromatic rings. The number of aromatic nitrogens is 3. The van der Waals surface area contributed by atoms with Crippen LogP contribution in [0.15, 0.2) is 53.0 Å². The topological polar surface area (TPSA) is 59.8 Å². The minimum atomic E-state index is -0.223. The molecule has 1 amide bonds. The second-order valence-corrected chi connectivity index (χ2v) is 11.0. The van der Waals surface area contributed by atoms with Crippen molar-refractivity contribution in [1.29, 1.82) is 0 Å². The molecular formula is C25H32N4OS2. The zero-order chi connectivity index (χ0) is 22.3. The number of carbonyl (C=O) groups is 1. The molecule has 170 valence electrons. The molecule has 5 nitrogen and oxygen atoms in total. The predicted molar refractivity (Wildman–Crippen MR) is 132 cm³/mol. The van der Waals surface area contributed by atoms with Crippen molar-refractivity contribution in [2.45, 2.75) is 74.7 Å². The van der Waals surface area contributed by atoms with Gasteiger partial charge in [-0.05, 0) is 42.7 Å². The first-order valence-electron chi connectivity index (χ1n) is 11.6.